The quantitative estimate of drug-likeness (QED) is 0.641. The molecule has 5 rings (SSSR count). The highest BCUT2D eigenvalue weighted by atomic mass is 32.2. The number of benzene rings is 1. The second-order valence-electron chi connectivity index (χ2n) is 7.76. The van der Waals surface area contributed by atoms with Crippen LogP contribution < -0.4 is 4.90 Å². The summed E-state index contributed by atoms with van der Waals surface area (Å²) in [5.41, 5.74) is 4.01. The van der Waals surface area contributed by atoms with Gasteiger partial charge in [0.1, 0.15) is 0 Å². The zero-order chi connectivity index (χ0) is 20.9. The molecule has 2 aliphatic rings. The highest BCUT2D eigenvalue weighted by molar-refractivity contribution is 7.91. The first-order valence-electron chi connectivity index (χ1n) is 9.79. The monoisotopic (exact) mass is 417 g/mol. The number of hydrogen-bond acceptors (Lipinski definition) is 7. The van der Waals surface area contributed by atoms with Crippen LogP contribution in [0.5, 0.6) is 0 Å². The maximum atomic E-state index is 12.4. The molecule has 0 unspecified atom stereocenters. The van der Waals surface area contributed by atoms with Gasteiger partial charge in [-0.2, -0.15) is 5.26 Å². The van der Waals surface area contributed by atoms with Crippen molar-refractivity contribution < 1.29 is 8.42 Å². The zero-order valence-corrected chi connectivity index (χ0v) is 17.2. The molecule has 3 heterocycles. The minimum Gasteiger partial charge on any atom is -0.309 e. The predicted octanol–water partition coefficient (Wildman–Crippen LogP) is 3.39. The number of fused-ring (bicyclic) bond motifs is 2. The summed E-state index contributed by atoms with van der Waals surface area (Å²) in [7, 11) is -3.29. The lowest BCUT2D eigenvalue weighted by Gasteiger charge is -2.18. The number of rotatable bonds is 4. The lowest BCUT2D eigenvalue weighted by Crippen LogP contribution is -2.21. The summed E-state index contributed by atoms with van der Waals surface area (Å²) in [6.07, 6.45) is 7.13. The zero-order valence-electron chi connectivity index (χ0n) is 16.4. The van der Waals surface area contributed by atoms with Gasteiger partial charge in [-0.05, 0) is 42.7 Å². The third kappa shape index (κ3) is 2.94. The fraction of sp³-hybridized carbons (Fsp3) is 0.273. The van der Waals surface area contributed by atoms with Gasteiger partial charge in [0.05, 0.1) is 28.0 Å². The Morgan fingerprint density at radius 1 is 1.13 bits per heavy atom. The second-order valence-corrected chi connectivity index (χ2v) is 10.0. The molecule has 1 fully saturated rings. The fourth-order valence-electron chi connectivity index (χ4n) is 4.02. The predicted molar refractivity (Wildman–Crippen MR) is 112 cm³/mol. The molecule has 1 aromatic carbocycles. The van der Waals surface area contributed by atoms with E-state index >= 15 is 0 Å². The SMILES string of the molecule is CCS(=O)(=O)c1ccc2c(c1)N(c1ncc(-c3cc(C#N)ccn3)cn1)CC21CC1. The minimum absolute atomic E-state index is 0.0664. The Morgan fingerprint density at radius 2 is 1.90 bits per heavy atom. The average molecular weight is 417 g/mol. The summed E-state index contributed by atoms with van der Waals surface area (Å²) >= 11 is 0. The Labute approximate surface area is 175 Å². The maximum absolute atomic E-state index is 12.4. The van der Waals surface area contributed by atoms with Gasteiger partial charge in [0.15, 0.2) is 9.84 Å². The molecule has 150 valence electrons. The Morgan fingerprint density at radius 3 is 2.57 bits per heavy atom. The van der Waals surface area contributed by atoms with Crippen molar-refractivity contribution in [2.75, 3.05) is 17.2 Å². The maximum Gasteiger partial charge on any atom is 0.229 e. The van der Waals surface area contributed by atoms with E-state index in [4.69, 9.17) is 5.26 Å². The van der Waals surface area contributed by atoms with E-state index in [1.165, 1.54) is 5.56 Å². The molecule has 1 aliphatic carbocycles. The van der Waals surface area contributed by atoms with Gasteiger partial charge >= 0.3 is 0 Å². The van der Waals surface area contributed by atoms with E-state index in [0.29, 0.717) is 22.1 Å². The van der Waals surface area contributed by atoms with Gasteiger partial charge in [0.2, 0.25) is 5.95 Å². The summed E-state index contributed by atoms with van der Waals surface area (Å²) in [5.74, 6) is 0.600. The third-order valence-electron chi connectivity index (χ3n) is 5.95. The third-order valence-corrected chi connectivity index (χ3v) is 7.68. The van der Waals surface area contributed by atoms with Crippen molar-refractivity contribution in [1.82, 2.24) is 15.0 Å². The van der Waals surface area contributed by atoms with Crippen LogP contribution in [0.2, 0.25) is 0 Å². The van der Waals surface area contributed by atoms with E-state index in [1.54, 1.807) is 49.8 Å². The number of pyridine rings is 1. The molecule has 7 nitrogen and oxygen atoms in total. The number of hydrogen-bond donors (Lipinski definition) is 0. The molecule has 2 aromatic heterocycles. The molecule has 8 heteroatoms. The first-order chi connectivity index (χ1) is 14.5. The van der Waals surface area contributed by atoms with Crippen LogP contribution in [0.1, 0.15) is 30.9 Å². The van der Waals surface area contributed by atoms with E-state index in [0.717, 1.165) is 30.6 Å². The molecule has 0 radical (unpaired) electrons. The normalized spacial score (nSPS) is 16.3. The Bertz CT molecular complexity index is 1290. The fourth-order valence-corrected chi connectivity index (χ4v) is 4.92. The van der Waals surface area contributed by atoms with E-state index in [9.17, 15) is 8.42 Å². The van der Waals surface area contributed by atoms with Crippen LogP contribution in [0.4, 0.5) is 11.6 Å². The number of nitriles is 1. The summed E-state index contributed by atoms with van der Waals surface area (Å²) in [6.45, 7) is 2.40. The van der Waals surface area contributed by atoms with Crippen LogP contribution in [0.25, 0.3) is 11.3 Å². The van der Waals surface area contributed by atoms with Crippen LogP contribution in [0.15, 0.2) is 53.8 Å². The van der Waals surface area contributed by atoms with Crippen molar-refractivity contribution in [3.63, 3.8) is 0 Å². The first-order valence-corrected chi connectivity index (χ1v) is 11.4. The number of sulfone groups is 1. The summed E-state index contributed by atoms with van der Waals surface area (Å²) in [5, 5.41) is 9.08. The molecule has 0 bridgehead atoms. The van der Waals surface area contributed by atoms with Gasteiger partial charge in [-0.15, -0.1) is 0 Å². The molecule has 1 spiro atoms. The highest BCUT2D eigenvalue weighted by Gasteiger charge is 2.52. The van der Waals surface area contributed by atoms with Gasteiger partial charge in [0, 0.05) is 41.8 Å². The van der Waals surface area contributed by atoms with Crippen molar-refractivity contribution in [3.8, 4) is 17.3 Å². The topological polar surface area (TPSA) is 99.8 Å². The molecular weight excluding hydrogens is 398 g/mol. The standard InChI is InChI=1S/C22H19N5O2S/c1-2-30(28,29)17-3-4-18-20(10-17)27(14-22(18)6-7-22)21-25-12-16(13-26-21)19-9-15(11-23)5-8-24-19/h3-5,8-10,12-13H,2,6-7,14H2,1H3. The van der Waals surface area contributed by atoms with Crippen molar-refractivity contribution in [3.05, 3.63) is 60.0 Å². The van der Waals surface area contributed by atoms with Gasteiger partial charge in [0.25, 0.3) is 0 Å². The molecule has 0 atom stereocenters. The van der Waals surface area contributed by atoms with Crippen molar-refractivity contribution in [1.29, 1.82) is 5.26 Å². The molecule has 0 amide bonds. The molecule has 30 heavy (non-hydrogen) atoms. The van der Waals surface area contributed by atoms with Crippen LogP contribution in [0.3, 0.4) is 0 Å². The van der Waals surface area contributed by atoms with Crippen molar-refractivity contribution >= 4 is 21.5 Å². The van der Waals surface area contributed by atoms with Crippen LogP contribution in [0, 0.1) is 11.3 Å². The summed E-state index contributed by atoms with van der Waals surface area (Å²) in [4.78, 5) is 15.7. The highest BCUT2D eigenvalue weighted by Crippen LogP contribution is 2.58. The molecule has 3 aromatic rings. The second kappa shape index (κ2) is 6.61. The summed E-state index contributed by atoms with van der Waals surface area (Å²) < 4.78 is 24.8. The number of aromatic nitrogens is 3. The lowest BCUT2D eigenvalue weighted by atomic mass is 9.99. The molecule has 1 aliphatic heterocycles. The lowest BCUT2D eigenvalue weighted by molar-refractivity contribution is 0.597. The van der Waals surface area contributed by atoms with Crippen LogP contribution in [-0.2, 0) is 15.3 Å². The first kappa shape index (κ1) is 18.7. The van der Waals surface area contributed by atoms with Gasteiger partial charge in [-0.3, -0.25) is 4.98 Å². The number of nitrogens with zero attached hydrogens (tertiary/aromatic N) is 5. The molecule has 0 N–H and O–H groups in total. The summed E-state index contributed by atoms with van der Waals surface area (Å²) in [6, 6.07) is 10.9. The smallest absolute Gasteiger partial charge is 0.229 e. The minimum atomic E-state index is -3.29. The number of anilines is 2. The van der Waals surface area contributed by atoms with Gasteiger partial charge in [-0.1, -0.05) is 13.0 Å². The van der Waals surface area contributed by atoms with Gasteiger partial charge in [-0.25, -0.2) is 18.4 Å². The molecule has 0 saturated heterocycles. The van der Waals surface area contributed by atoms with Crippen LogP contribution >= 0.6 is 0 Å². The Hall–Kier alpha value is -3.31. The van der Waals surface area contributed by atoms with Crippen LogP contribution in [-0.4, -0.2) is 35.7 Å². The van der Waals surface area contributed by atoms with Crippen molar-refractivity contribution in [2.24, 2.45) is 0 Å². The van der Waals surface area contributed by atoms with E-state index < -0.39 is 9.84 Å². The Balaban J connectivity index is 1.53. The largest absolute Gasteiger partial charge is 0.309 e. The van der Waals surface area contributed by atoms with Crippen molar-refractivity contribution in [2.45, 2.75) is 30.1 Å². The Kier molecular flexibility index (Phi) is 4.12. The average Bonchev–Trinajstić information content (AvgIpc) is 3.50. The van der Waals surface area contributed by atoms with Gasteiger partial charge < -0.3 is 4.90 Å². The molecule has 1 saturated carbocycles. The van der Waals surface area contributed by atoms with E-state index in [2.05, 4.69) is 21.0 Å². The van der Waals surface area contributed by atoms with E-state index in [-0.39, 0.29) is 11.2 Å². The van der Waals surface area contributed by atoms with E-state index in [1.807, 2.05) is 11.0 Å². The molecular formula is C22H19N5O2S.